The van der Waals surface area contributed by atoms with Gasteiger partial charge in [-0.25, -0.2) is 8.78 Å². The molecule has 15 heavy (non-hydrogen) atoms. The molecule has 2 saturated carbocycles. The van der Waals surface area contributed by atoms with E-state index in [0.29, 0.717) is 25.3 Å². The van der Waals surface area contributed by atoms with Gasteiger partial charge in [-0.3, -0.25) is 0 Å². The minimum atomic E-state index is -2.41. The number of nitrogens with two attached hydrogens (primary N) is 1. The summed E-state index contributed by atoms with van der Waals surface area (Å²) in [5.74, 6) is -1.98. The highest BCUT2D eigenvalue weighted by Crippen LogP contribution is 2.69. The van der Waals surface area contributed by atoms with E-state index in [2.05, 4.69) is 13.8 Å². The maximum Gasteiger partial charge on any atom is 0.248 e. The fourth-order valence-electron chi connectivity index (χ4n) is 3.55. The van der Waals surface area contributed by atoms with Crippen LogP contribution in [0.15, 0.2) is 0 Å². The van der Waals surface area contributed by atoms with E-state index in [1.54, 1.807) is 0 Å². The van der Waals surface area contributed by atoms with Crippen molar-refractivity contribution in [3.05, 3.63) is 0 Å². The van der Waals surface area contributed by atoms with Gasteiger partial charge in [0.05, 0.1) is 0 Å². The molecule has 2 fully saturated rings. The predicted molar refractivity (Wildman–Crippen MR) is 56.8 cm³/mol. The lowest BCUT2D eigenvalue weighted by Crippen LogP contribution is -2.35. The summed E-state index contributed by atoms with van der Waals surface area (Å²) in [5.41, 5.74) is 6.30. The summed E-state index contributed by atoms with van der Waals surface area (Å²) in [6, 6.07) is 0. The smallest absolute Gasteiger partial charge is 0.248 e. The van der Waals surface area contributed by atoms with Crippen molar-refractivity contribution < 1.29 is 8.78 Å². The first-order valence-electron chi connectivity index (χ1n) is 5.91. The second kappa shape index (κ2) is 3.16. The van der Waals surface area contributed by atoms with Crippen molar-refractivity contribution in [3.8, 4) is 0 Å². The van der Waals surface area contributed by atoms with Crippen LogP contribution in [-0.2, 0) is 0 Å². The highest BCUT2D eigenvalue weighted by molar-refractivity contribution is 5.13. The van der Waals surface area contributed by atoms with Crippen LogP contribution >= 0.6 is 0 Å². The molecule has 0 bridgehead atoms. The molecule has 0 aromatic carbocycles. The minimum Gasteiger partial charge on any atom is -0.330 e. The van der Waals surface area contributed by atoms with Crippen LogP contribution in [0, 0.1) is 16.7 Å². The average Bonchev–Trinajstić information content (AvgIpc) is 2.70. The van der Waals surface area contributed by atoms with Crippen LogP contribution < -0.4 is 5.73 Å². The fourth-order valence-corrected chi connectivity index (χ4v) is 3.55. The molecular weight excluding hydrogens is 196 g/mol. The van der Waals surface area contributed by atoms with Crippen molar-refractivity contribution >= 4 is 0 Å². The fraction of sp³-hybridized carbons (Fsp3) is 1.00. The summed E-state index contributed by atoms with van der Waals surface area (Å²) in [5, 5.41) is 0. The van der Waals surface area contributed by atoms with E-state index < -0.39 is 5.92 Å². The standard InChI is InChI=1S/C12H21F2N/c1-10(2)7-11(10,8-15)9-3-5-12(13,14)6-4-9/h9H,3-8,15H2,1-2H3. The molecule has 1 unspecified atom stereocenters. The Hall–Kier alpha value is -0.180. The first-order chi connectivity index (χ1) is 6.83. The Morgan fingerprint density at radius 3 is 2.00 bits per heavy atom. The van der Waals surface area contributed by atoms with E-state index >= 15 is 0 Å². The molecule has 0 aromatic rings. The molecule has 2 rings (SSSR count). The van der Waals surface area contributed by atoms with Crippen LogP contribution in [0.25, 0.3) is 0 Å². The zero-order valence-corrected chi connectivity index (χ0v) is 9.65. The third-order valence-corrected chi connectivity index (χ3v) is 4.84. The SMILES string of the molecule is CC1(C)CC1(CN)C1CCC(F)(F)CC1. The summed E-state index contributed by atoms with van der Waals surface area (Å²) >= 11 is 0. The molecule has 88 valence electrons. The highest BCUT2D eigenvalue weighted by atomic mass is 19.3. The van der Waals surface area contributed by atoms with Crippen molar-refractivity contribution in [3.63, 3.8) is 0 Å². The summed E-state index contributed by atoms with van der Waals surface area (Å²) in [6.07, 6.45) is 2.57. The van der Waals surface area contributed by atoms with E-state index in [1.165, 1.54) is 0 Å². The Morgan fingerprint density at radius 2 is 1.67 bits per heavy atom. The average molecular weight is 217 g/mol. The van der Waals surface area contributed by atoms with Crippen molar-refractivity contribution in [2.24, 2.45) is 22.5 Å². The molecule has 3 heteroatoms. The number of hydrogen-bond donors (Lipinski definition) is 1. The van der Waals surface area contributed by atoms with Crippen LogP contribution in [-0.4, -0.2) is 12.5 Å². The van der Waals surface area contributed by atoms with Crippen molar-refractivity contribution in [2.75, 3.05) is 6.54 Å². The number of rotatable bonds is 2. The Kier molecular flexibility index (Phi) is 2.38. The Labute approximate surface area is 90.4 Å². The van der Waals surface area contributed by atoms with Crippen LogP contribution in [0.4, 0.5) is 8.78 Å². The second-order valence-corrected chi connectivity index (χ2v) is 6.05. The molecule has 0 aromatic heterocycles. The normalized spacial score (nSPS) is 39.0. The van der Waals surface area contributed by atoms with Crippen molar-refractivity contribution in [1.29, 1.82) is 0 Å². The maximum absolute atomic E-state index is 13.1. The van der Waals surface area contributed by atoms with Gasteiger partial charge in [-0.05, 0) is 42.6 Å². The minimum absolute atomic E-state index is 0.0650. The number of hydrogen-bond acceptors (Lipinski definition) is 1. The number of halogens is 2. The molecule has 0 saturated heterocycles. The molecule has 2 aliphatic rings. The van der Waals surface area contributed by atoms with Gasteiger partial charge in [-0.2, -0.15) is 0 Å². The van der Waals surface area contributed by atoms with Gasteiger partial charge >= 0.3 is 0 Å². The zero-order valence-electron chi connectivity index (χ0n) is 9.65. The van der Waals surface area contributed by atoms with Crippen LogP contribution in [0.5, 0.6) is 0 Å². The van der Waals surface area contributed by atoms with Gasteiger partial charge in [0.25, 0.3) is 0 Å². The van der Waals surface area contributed by atoms with Gasteiger partial charge in [0.15, 0.2) is 0 Å². The lowest BCUT2D eigenvalue weighted by molar-refractivity contribution is -0.0562. The van der Waals surface area contributed by atoms with Gasteiger partial charge < -0.3 is 5.73 Å². The van der Waals surface area contributed by atoms with E-state index in [1.807, 2.05) is 0 Å². The molecule has 0 spiro atoms. The van der Waals surface area contributed by atoms with E-state index in [4.69, 9.17) is 5.73 Å². The van der Waals surface area contributed by atoms with E-state index in [-0.39, 0.29) is 23.7 Å². The van der Waals surface area contributed by atoms with Crippen LogP contribution in [0.3, 0.4) is 0 Å². The summed E-state index contributed by atoms with van der Waals surface area (Å²) in [7, 11) is 0. The third-order valence-electron chi connectivity index (χ3n) is 4.84. The highest BCUT2D eigenvalue weighted by Gasteiger charge is 2.64. The molecule has 2 aliphatic carbocycles. The molecule has 0 aliphatic heterocycles. The first-order valence-corrected chi connectivity index (χ1v) is 5.91. The topological polar surface area (TPSA) is 26.0 Å². The molecule has 0 heterocycles. The van der Waals surface area contributed by atoms with E-state index in [0.717, 1.165) is 6.42 Å². The quantitative estimate of drug-likeness (QED) is 0.755. The molecule has 1 nitrogen and oxygen atoms in total. The Morgan fingerprint density at radius 1 is 1.20 bits per heavy atom. The van der Waals surface area contributed by atoms with Crippen molar-refractivity contribution in [1.82, 2.24) is 0 Å². The van der Waals surface area contributed by atoms with Gasteiger partial charge in [0.2, 0.25) is 5.92 Å². The third kappa shape index (κ3) is 1.69. The van der Waals surface area contributed by atoms with Gasteiger partial charge in [0, 0.05) is 12.8 Å². The monoisotopic (exact) mass is 217 g/mol. The zero-order chi connectivity index (χ0) is 11.3. The summed E-state index contributed by atoms with van der Waals surface area (Å²) < 4.78 is 26.1. The largest absolute Gasteiger partial charge is 0.330 e. The summed E-state index contributed by atoms with van der Waals surface area (Å²) in [4.78, 5) is 0. The Bertz CT molecular complexity index is 252. The first kappa shape index (κ1) is 11.3. The van der Waals surface area contributed by atoms with Crippen LogP contribution in [0.1, 0.15) is 46.0 Å². The van der Waals surface area contributed by atoms with Crippen molar-refractivity contribution in [2.45, 2.75) is 51.9 Å². The molecule has 1 atom stereocenters. The van der Waals surface area contributed by atoms with Gasteiger partial charge in [0.1, 0.15) is 0 Å². The number of alkyl halides is 2. The van der Waals surface area contributed by atoms with E-state index in [9.17, 15) is 8.78 Å². The van der Waals surface area contributed by atoms with Gasteiger partial charge in [-0.15, -0.1) is 0 Å². The molecule has 2 N–H and O–H groups in total. The van der Waals surface area contributed by atoms with Crippen LogP contribution in [0.2, 0.25) is 0 Å². The second-order valence-electron chi connectivity index (χ2n) is 6.05. The lowest BCUT2D eigenvalue weighted by atomic mass is 9.73. The molecule has 0 amide bonds. The maximum atomic E-state index is 13.1. The molecular formula is C12H21F2N. The lowest BCUT2D eigenvalue weighted by Gasteiger charge is -2.35. The predicted octanol–water partition coefficient (Wildman–Crippen LogP) is 3.19. The van der Waals surface area contributed by atoms with Gasteiger partial charge in [-0.1, -0.05) is 13.8 Å². The Balaban J connectivity index is 2.02. The summed E-state index contributed by atoms with van der Waals surface area (Å²) in [6.45, 7) is 5.09. The molecule has 0 radical (unpaired) electrons.